The van der Waals surface area contributed by atoms with E-state index in [2.05, 4.69) is 16.9 Å². The van der Waals surface area contributed by atoms with Gasteiger partial charge in [-0.15, -0.1) is 0 Å². The SMILES string of the molecule is C=CCOc1ccc(C(=O)Nc2c(C)cc(C)nc2C)cc1. The summed E-state index contributed by atoms with van der Waals surface area (Å²) in [6.07, 6.45) is 1.68. The molecule has 0 aliphatic rings. The molecule has 1 aromatic carbocycles. The third-order valence-corrected chi connectivity index (χ3v) is 3.25. The van der Waals surface area contributed by atoms with E-state index < -0.39 is 0 Å². The molecule has 114 valence electrons. The lowest BCUT2D eigenvalue weighted by molar-refractivity contribution is 0.102. The lowest BCUT2D eigenvalue weighted by Crippen LogP contribution is -2.14. The molecule has 0 saturated heterocycles. The van der Waals surface area contributed by atoms with Crippen molar-refractivity contribution in [2.45, 2.75) is 20.8 Å². The highest BCUT2D eigenvalue weighted by molar-refractivity contribution is 6.05. The third kappa shape index (κ3) is 3.73. The van der Waals surface area contributed by atoms with E-state index in [1.807, 2.05) is 26.8 Å². The predicted molar refractivity (Wildman–Crippen MR) is 88.5 cm³/mol. The number of nitrogens with one attached hydrogen (secondary N) is 1. The van der Waals surface area contributed by atoms with E-state index >= 15 is 0 Å². The number of anilines is 1. The number of pyridine rings is 1. The highest BCUT2D eigenvalue weighted by Crippen LogP contribution is 2.20. The number of ether oxygens (including phenoxy) is 1. The van der Waals surface area contributed by atoms with Gasteiger partial charge in [-0.1, -0.05) is 12.7 Å². The van der Waals surface area contributed by atoms with Crippen LogP contribution in [-0.2, 0) is 0 Å². The number of hydrogen-bond acceptors (Lipinski definition) is 3. The molecule has 22 heavy (non-hydrogen) atoms. The summed E-state index contributed by atoms with van der Waals surface area (Å²) >= 11 is 0. The van der Waals surface area contributed by atoms with E-state index in [9.17, 15) is 4.79 Å². The van der Waals surface area contributed by atoms with E-state index in [1.54, 1.807) is 30.3 Å². The average Bonchev–Trinajstić information content (AvgIpc) is 2.49. The number of carbonyl (C=O) groups is 1. The first-order chi connectivity index (χ1) is 10.5. The van der Waals surface area contributed by atoms with Crippen molar-refractivity contribution in [1.29, 1.82) is 0 Å². The molecule has 0 unspecified atom stereocenters. The fourth-order valence-corrected chi connectivity index (χ4v) is 2.26. The van der Waals surface area contributed by atoms with E-state index in [4.69, 9.17) is 4.74 Å². The van der Waals surface area contributed by atoms with Gasteiger partial charge in [0.05, 0.1) is 11.4 Å². The van der Waals surface area contributed by atoms with Crippen LogP contribution in [0.25, 0.3) is 0 Å². The lowest BCUT2D eigenvalue weighted by atomic mass is 10.1. The Morgan fingerprint density at radius 1 is 1.27 bits per heavy atom. The zero-order valence-corrected chi connectivity index (χ0v) is 13.1. The van der Waals surface area contributed by atoms with Gasteiger partial charge in [0.2, 0.25) is 0 Å². The predicted octanol–water partition coefficient (Wildman–Crippen LogP) is 3.82. The molecule has 0 radical (unpaired) electrons. The molecule has 0 aliphatic carbocycles. The Morgan fingerprint density at radius 2 is 1.95 bits per heavy atom. The van der Waals surface area contributed by atoms with Gasteiger partial charge >= 0.3 is 0 Å². The van der Waals surface area contributed by atoms with Crippen LogP contribution in [-0.4, -0.2) is 17.5 Å². The number of amides is 1. The maximum absolute atomic E-state index is 12.3. The molecule has 2 rings (SSSR count). The monoisotopic (exact) mass is 296 g/mol. The molecular formula is C18H20N2O2. The summed E-state index contributed by atoms with van der Waals surface area (Å²) in [6.45, 7) is 9.83. The van der Waals surface area contributed by atoms with Crippen LogP contribution in [0.2, 0.25) is 0 Å². The van der Waals surface area contributed by atoms with Gasteiger partial charge in [0, 0.05) is 11.3 Å². The van der Waals surface area contributed by atoms with Crippen molar-refractivity contribution in [2.24, 2.45) is 0 Å². The Hall–Kier alpha value is -2.62. The number of aryl methyl sites for hydroxylation is 3. The van der Waals surface area contributed by atoms with Crippen molar-refractivity contribution in [1.82, 2.24) is 4.98 Å². The minimum absolute atomic E-state index is 0.160. The second-order valence-corrected chi connectivity index (χ2v) is 5.12. The van der Waals surface area contributed by atoms with Gasteiger partial charge in [-0.2, -0.15) is 0 Å². The standard InChI is InChI=1S/C18H20N2O2/c1-5-10-22-16-8-6-15(7-9-16)18(21)20-17-12(2)11-13(3)19-14(17)4/h5-9,11H,1,10H2,2-4H3,(H,20,21). The van der Waals surface area contributed by atoms with Gasteiger partial charge in [0.25, 0.3) is 5.91 Å². The Kier molecular flexibility index (Phi) is 4.94. The number of rotatable bonds is 5. The zero-order chi connectivity index (χ0) is 16.1. The summed E-state index contributed by atoms with van der Waals surface area (Å²) in [5.74, 6) is 0.549. The van der Waals surface area contributed by atoms with Crippen molar-refractivity contribution < 1.29 is 9.53 Å². The first kappa shape index (κ1) is 15.8. The largest absolute Gasteiger partial charge is 0.490 e. The smallest absolute Gasteiger partial charge is 0.255 e. The van der Waals surface area contributed by atoms with Crippen LogP contribution in [0.15, 0.2) is 43.0 Å². The zero-order valence-electron chi connectivity index (χ0n) is 13.1. The van der Waals surface area contributed by atoms with Gasteiger partial charge < -0.3 is 10.1 Å². The molecule has 4 heteroatoms. The summed E-state index contributed by atoms with van der Waals surface area (Å²) in [4.78, 5) is 16.7. The second kappa shape index (κ2) is 6.89. The van der Waals surface area contributed by atoms with E-state index in [0.717, 1.165) is 22.6 Å². The topological polar surface area (TPSA) is 51.2 Å². The van der Waals surface area contributed by atoms with Gasteiger partial charge in [0.1, 0.15) is 12.4 Å². The Morgan fingerprint density at radius 3 is 2.55 bits per heavy atom. The second-order valence-electron chi connectivity index (χ2n) is 5.12. The van der Waals surface area contributed by atoms with E-state index in [-0.39, 0.29) is 5.91 Å². The molecule has 0 spiro atoms. The van der Waals surface area contributed by atoms with Crippen LogP contribution in [0.1, 0.15) is 27.3 Å². The Bertz CT molecular complexity index is 668. The highest BCUT2D eigenvalue weighted by atomic mass is 16.5. The molecule has 1 aromatic heterocycles. The van der Waals surface area contributed by atoms with Crippen LogP contribution in [0.4, 0.5) is 5.69 Å². The normalized spacial score (nSPS) is 10.1. The third-order valence-electron chi connectivity index (χ3n) is 3.25. The summed E-state index contributed by atoms with van der Waals surface area (Å²) in [7, 11) is 0. The van der Waals surface area contributed by atoms with Crippen LogP contribution >= 0.6 is 0 Å². The lowest BCUT2D eigenvalue weighted by Gasteiger charge is -2.12. The fraction of sp³-hybridized carbons (Fsp3) is 0.222. The molecule has 0 aliphatic heterocycles. The molecule has 0 atom stereocenters. The van der Waals surface area contributed by atoms with Gasteiger partial charge in [0.15, 0.2) is 0 Å². The summed E-state index contributed by atoms with van der Waals surface area (Å²) in [6, 6.07) is 8.96. The minimum Gasteiger partial charge on any atom is -0.490 e. The van der Waals surface area contributed by atoms with Crippen molar-refractivity contribution in [3.05, 3.63) is 65.5 Å². The van der Waals surface area contributed by atoms with Gasteiger partial charge in [-0.25, -0.2) is 0 Å². The molecule has 4 nitrogen and oxygen atoms in total. The van der Waals surface area contributed by atoms with Crippen molar-refractivity contribution in [3.8, 4) is 5.75 Å². The van der Waals surface area contributed by atoms with E-state index in [1.165, 1.54) is 0 Å². The van der Waals surface area contributed by atoms with Gasteiger partial charge in [-0.05, 0) is 56.7 Å². The summed E-state index contributed by atoms with van der Waals surface area (Å²) in [5, 5.41) is 2.93. The Labute approximate surface area is 130 Å². The van der Waals surface area contributed by atoms with Crippen LogP contribution in [0.3, 0.4) is 0 Å². The fourth-order valence-electron chi connectivity index (χ4n) is 2.26. The molecule has 1 amide bonds. The molecule has 1 N–H and O–H groups in total. The Balaban J connectivity index is 2.14. The van der Waals surface area contributed by atoms with Crippen LogP contribution in [0.5, 0.6) is 5.75 Å². The van der Waals surface area contributed by atoms with Crippen molar-refractivity contribution >= 4 is 11.6 Å². The van der Waals surface area contributed by atoms with Gasteiger partial charge in [-0.3, -0.25) is 9.78 Å². The highest BCUT2D eigenvalue weighted by Gasteiger charge is 2.11. The number of nitrogens with zero attached hydrogens (tertiary/aromatic N) is 1. The summed E-state index contributed by atoms with van der Waals surface area (Å²) in [5.41, 5.74) is 4.10. The van der Waals surface area contributed by atoms with Crippen LogP contribution < -0.4 is 10.1 Å². The average molecular weight is 296 g/mol. The number of aromatic nitrogens is 1. The van der Waals surface area contributed by atoms with Crippen molar-refractivity contribution in [2.75, 3.05) is 11.9 Å². The first-order valence-corrected chi connectivity index (χ1v) is 7.11. The number of carbonyl (C=O) groups excluding carboxylic acids is 1. The van der Waals surface area contributed by atoms with Crippen LogP contribution in [0, 0.1) is 20.8 Å². The molecule has 0 saturated carbocycles. The molecule has 0 fully saturated rings. The molecule has 0 bridgehead atoms. The number of hydrogen-bond donors (Lipinski definition) is 1. The summed E-state index contributed by atoms with van der Waals surface area (Å²) < 4.78 is 5.40. The molecular weight excluding hydrogens is 276 g/mol. The van der Waals surface area contributed by atoms with Crippen molar-refractivity contribution in [3.63, 3.8) is 0 Å². The molecule has 2 aromatic rings. The quantitative estimate of drug-likeness (QED) is 0.853. The minimum atomic E-state index is -0.160. The number of benzene rings is 1. The maximum atomic E-state index is 12.3. The molecule has 1 heterocycles. The van der Waals surface area contributed by atoms with E-state index in [0.29, 0.717) is 17.9 Å². The first-order valence-electron chi connectivity index (χ1n) is 7.11. The maximum Gasteiger partial charge on any atom is 0.255 e.